The largest absolute Gasteiger partial charge is 0.497 e. The number of nitrogens with one attached hydrogen (secondary N) is 1. The van der Waals surface area contributed by atoms with E-state index in [1.807, 2.05) is 12.1 Å². The van der Waals surface area contributed by atoms with Crippen LogP contribution in [0.3, 0.4) is 0 Å². The summed E-state index contributed by atoms with van der Waals surface area (Å²) in [6.45, 7) is 9.73. The zero-order valence-electron chi connectivity index (χ0n) is 18.4. The van der Waals surface area contributed by atoms with Crippen molar-refractivity contribution in [2.24, 2.45) is 5.92 Å². The second kappa shape index (κ2) is 11.4. The second-order valence-electron chi connectivity index (χ2n) is 7.78. The van der Waals surface area contributed by atoms with Gasteiger partial charge < -0.3 is 9.47 Å². The third-order valence-electron chi connectivity index (χ3n) is 5.12. The van der Waals surface area contributed by atoms with Gasteiger partial charge in [0.1, 0.15) is 11.5 Å². The maximum absolute atomic E-state index is 6.25. The van der Waals surface area contributed by atoms with Crippen LogP contribution >= 0.6 is 35.7 Å². The summed E-state index contributed by atoms with van der Waals surface area (Å²) in [5.41, 5.74) is 2.55. The fourth-order valence-corrected chi connectivity index (χ4v) is 6.28. The summed E-state index contributed by atoms with van der Waals surface area (Å²) in [6.07, 6.45) is 2.18. The minimum absolute atomic E-state index is 0.527. The number of hydrogen-bond acceptors (Lipinski definition) is 6. The van der Waals surface area contributed by atoms with Crippen molar-refractivity contribution in [2.75, 3.05) is 13.7 Å². The first-order chi connectivity index (χ1) is 14.5. The molecule has 1 atom stereocenters. The highest BCUT2D eigenvalue weighted by atomic mass is 32.2. The van der Waals surface area contributed by atoms with Crippen LogP contribution in [0.15, 0.2) is 51.6 Å². The van der Waals surface area contributed by atoms with E-state index < -0.39 is 0 Å². The first kappa shape index (κ1) is 23.5. The normalized spacial score (nSPS) is 15.0. The zero-order chi connectivity index (χ0) is 21.5. The molecule has 1 unspecified atom stereocenters. The Kier molecular flexibility index (Phi) is 8.93. The molecule has 2 aromatic rings. The molecule has 1 aliphatic rings. The van der Waals surface area contributed by atoms with Crippen molar-refractivity contribution in [3.63, 3.8) is 0 Å². The number of benzene rings is 2. The summed E-state index contributed by atoms with van der Waals surface area (Å²) in [4.78, 5) is 2.44. The van der Waals surface area contributed by atoms with Crippen molar-refractivity contribution >= 4 is 40.6 Å². The van der Waals surface area contributed by atoms with E-state index in [2.05, 4.69) is 62.2 Å². The molecule has 2 aromatic carbocycles. The predicted octanol–water partition coefficient (Wildman–Crippen LogP) is 7.95. The van der Waals surface area contributed by atoms with Crippen molar-refractivity contribution in [3.05, 3.63) is 57.8 Å². The van der Waals surface area contributed by atoms with Gasteiger partial charge in [-0.3, -0.25) is 0 Å². The molecule has 0 spiro atoms. The van der Waals surface area contributed by atoms with E-state index in [-0.39, 0.29) is 0 Å². The topological polar surface area (TPSA) is 30.5 Å². The van der Waals surface area contributed by atoms with Crippen molar-refractivity contribution < 1.29 is 9.47 Å². The molecule has 0 saturated heterocycles. The van der Waals surface area contributed by atoms with E-state index in [0.717, 1.165) is 30.9 Å². The quantitative estimate of drug-likeness (QED) is 0.361. The van der Waals surface area contributed by atoms with Gasteiger partial charge in [-0.15, -0.1) is 0 Å². The lowest BCUT2D eigenvalue weighted by Crippen LogP contribution is -2.04. The van der Waals surface area contributed by atoms with E-state index in [0.29, 0.717) is 11.8 Å². The smallest absolute Gasteiger partial charge is 0.127 e. The Morgan fingerprint density at radius 1 is 1.03 bits per heavy atom. The van der Waals surface area contributed by atoms with Gasteiger partial charge in [0.15, 0.2) is 0 Å². The molecule has 6 heteroatoms. The lowest BCUT2D eigenvalue weighted by molar-refractivity contribution is 0.289. The Balaban J connectivity index is 1.92. The third-order valence-corrected chi connectivity index (χ3v) is 8.46. The van der Waals surface area contributed by atoms with Crippen molar-refractivity contribution in [1.29, 1.82) is 0 Å². The molecule has 0 bridgehead atoms. The summed E-state index contributed by atoms with van der Waals surface area (Å²) in [5, 5.41) is 0. The van der Waals surface area contributed by atoms with Crippen LogP contribution in [0.1, 0.15) is 57.6 Å². The zero-order valence-corrected chi connectivity index (χ0v) is 20.8. The Bertz CT molecular complexity index is 865. The average molecular weight is 462 g/mol. The van der Waals surface area contributed by atoms with Gasteiger partial charge in [0.05, 0.1) is 22.9 Å². The second-order valence-corrected chi connectivity index (χ2v) is 11.0. The van der Waals surface area contributed by atoms with Crippen LogP contribution in [0, 0.1) is 5.92 Å². The summed E-state index contributed by atoms with van der Waals surface area (Å²) >= 11 is 5.13. The van der Waals surface area contributed by atoms with Gasteiger partial charge in [0.2, 0.25) is 0 Å². The summed E-state index contributed by atoms with van der Waals surface area (Å²) in [5.74, 6) is 3.01. The SMILES string of the molecule is CCC(C)c1ccc(OCCC(C)C)c(C2=C(Sc3ccc(OC)cc3)SNS2)c1. The molecular weight excluding hydrogens is 430 g/mol. The molecule has 0 fully saturated rings. The molecule has 162 valence electrons. The molecule has 0 aliphatic carbocycles. The molecule has 3 nitrogen and oxygen atoms in total. The number of thioether (sulfide) groups is 1. The van der Waals surface area contributed by atoms with Gasteiger partial charge in [-0.1, -0.05) is 45.5 Å². The Morgan fingerprint density at radius 2 is 1.80 bits per heavy atom. The van der Waals surface area contributed by atoms with Gasteiger partial charge in [0.25, 0.3) is 0 Å². The van der Waals surface area contributed by atoms with Crippen molar-refractivity contribution in [3.8, 4) is 11.5 Å². The summed E-state index contributed by atoms with van der Waals surface area (Å²) in [7, 11) is 1.70. The highest BCUT2D eigenvalue weighted by Gasteiger charge is 2.23. The predicted molar refractivity (Wildman–Crippen MR) is 134 cm³/mol. The minimum Gasteiger partial charge on any atom is -0.497 e. The first-order valence-corrected chi connectivity index (χ1v) is 12.9. The van der Waals surface area contributed by atoms with Crippen LogP contribution in [0.5, 0.6) is 11.5 Å². The molecule has 1 heterocycles. The highest BCUT2D eigenvalue weighted by molar-refractivity contribution is 8.31. The lowest BCUT2D eigenvalue weighted by Gasteiger charge is -2.17. The van der Waals surface area contributed by atoms with Crippen LogP contribution in [-0.2, 0) is 0 Å². The third kappa shape index (κ3) is 6.16. The summed E-state index contributed by atoms with van der Waals surface area (Å²) < 4.78 is 16.2. The molecule has 3 rings (SSSR count). The molecule has 0 aromatic heterocycles. The van der Waals surface area contributed by atoms with Crippen LogP contribution in [0.2, 0.25) is 0 Å². The van der Waals surface area contributed by atoms with E-state index >= 15 is 0 Å². The van der Waals surface area contributed by atoms with Crippen molar-refractivity contribution in [2.45, 2.75) is 51.3 Å². The number of rotatable bonds is 10. The monoisotopic (exact) mass is 461 g/mol. The van der Waals surface area contributed by atoms with Crippen LogP contribution in [0.4, 0.5) is 0 Å². The van der Waals surface area contributed by atoms with Gasteiger partial charge >= 0.3 is 0 Å². The number of ether oxygens (including phenoxy) is 2. The van der Waals surface area contributed by atoms with E-state index in [1.54, 1.807) is 42.8 Å². The minimum atomic E-state index is 0.527. The van der Waals surface area contributed by atoms with Crippen LogP contribution < -0.4 is 13.6 Å². The summed E-state index contributed by atoms with van der Waals surface area (Å²) in [6, 6.07) is 14.9. The number of methoxy groups -OCH3 is 1. The van der Waals surface area contributed by atoms with E-state index in [4.69, 9.17) is 9.47 Å². The fourth-order valence-electron chi connectivity index (χ4n) is 2.97. The van der Waals surface area contributed by atoms with Crippen LogP contribution in [-0.4, -0.2) is 13.7 Å². The van der Waals surface area contributed by atoms with E-state index in [1.165, 1.54) is 25.2 Å². The molecule has 1 aliphatic heterocycles. The Hall–Kier alpha value is -1.21. The maximum atomic E-state index is 6.25. The molecule has 0 radical (unpaired) electrons. The maximum Gasteiger partial charge on any atom is 0.127 e. The van der Waals surface area contributed by atoms with Gasteiger partial charge in [0, 0.05) is 10.5 Å². The molecule has 0 amide bonds. The van der Waals surface area contributed by atoms with Gasteiger partial charge in [-0.2, -0.15) is 4.13 Å². The fraction of sp³-hybridized carbons (Fsp3) is 0.417. The van der Waals surface area contributed by atoms with Gasteiger partial charge in [-0.25, -0.2) is 0 Å². The standard InChI is InChI=1S/C24H31NO2S3/c1-6-17(4)18-7-12-22(27-14-13-16(2)3)21(15-18)23-24(30-25-29-23)28-20-10-8-19(26-5)9-11-20/h7-12,15-17,25H,6,13-14H2,1-5H3. The Labute approximate surface area is 194 Å². The average Bonchev–Trinajstić information content (AvgIpc) is 3.21. The molecular formula is C24H31NO2S3. The first-order valence-electron chi connectivity index (χ1n) is 10.4. The Morgan fingerprint density at radius 3 is 2.47 bits per heavy atom. The number of hydrogen-bond donors (Lipinski definition) is 1. The molecule has 0 saturated carbocycles. The highest BCUT2D eigenvalue weighted by Crippen LogP contribution is 2.51. The van der Waals surface area contributed by atoms with Crippen LogP contribution in [0.25, 0.3) is 4.91 Å². The molecule has 30 heavy (non-hydrogen) atoms. The van der Waals surface area contributed by atoms with E-state index in [9.17, 15) is 0 Å². The van der Waals surface area contributed by atoms with Crippen molar-refractivity contribution in [1.82, 2.24) is 4.13 Å². The lowest BCUT2D eigenvalue weighted by atomic mass is 9.96. The molecule has 1 N–H and O–H groups in total. The van der Waals surface area contributed by atoms with Gasteiger partial charge in [-0.05, 0) is 90.5 Å².